The summed E-state index contributed by atoms with van der Waals surface area (Å²) in [7, 11) is 0. The molecule has 1 unspecified atom stereocenters. The van der Waals surface area contributed by atoms with Gasteiger partial charge in [0.2, 0.25) is 12.1 Å². The second-order valence-corrected chi connectivity index (χ2v) is 5.77. The molecule has 0 aliphatic carbocycles. The van der Waals surface area contributed by atoms with E-state index in [1.807, 2.05) is 0 Å². The fraction of sp³-hybridized carbons (Fsp3) is 0.158. The minimum absolute atomic E-state index is 0.0209. The lowest BCUT2D eigenvalue weighted by Gasteiger charge is -2.27. The van der Waals surface area contributed by atoms with E-state index >= 15 is 0 Å². The lowest BCUT2D eigenvalue weighted by molar-refractivity contribution is -0.384. The van der Waals surface area contributed by atoms with E-state index < -0.39 is 23.0 Å². The Labute approximate surface area is 159 Å². The van der Waals surface area contributed by atoms with E-state index in [0.717, 1.165) is 6.07 Å². The Kier molecular flexibility index (Phi) is 5.37. The number of nitrogens with one attached hydrogen (secondary N) is 1. The molecule has 2 aromatic carbocycles. The highest BCUT2D eigenvalue weighted by atomic mass is 16.7. The van der Waals surface area contributed by atoms with E-state index in [-0.39, 0.29) is 40.4 Å². The fourth-order valence-corrected chi connectivity index (χ4v) is 2.71. The van der Waals surface area contributed by atoms with Crippen LogP contribution in [0.25, 0.3) is 0 Å². The first-order valence-corrected chi connectivity index (χ1v) is 8.32. The number of nitro benzene ring substituents is 1. The highest BCUT2D eigenvalue weighted by molar-refractivity contribution is 6.12. The first-order valence-electron chi connectivity index (χ1n) is 8.32. The SMILES string of the molecule is CCOC1Oc2ccc([N+](=O)[O-])cc2C(=O)/C1=C/Nc1ccccc1C(=O)O. The number of anilines is 1. The van der Waals surface area contributed by atoms with Crippen molar-refractivity contribution < 1.29 is 29.1 Å². The Hall–Kier alpha value is -3.72. The number of nitrogens with zero attached hydrogens (tertiary/aromatic N) is 1. The van der Waals surface area contributed by atoms with E-state index in [9.17, 15) is 24.8 Å². The van der Waals surface area contributed by atoms with Crippen molar-refractivity contribution >= 4 is 23.1 Å². The number of non-ortho nitro benzene ring substituents is 1. The maximum atomic E-state index is 12.9. The zero-order chi connectivity index (χ0) is 20.3. The first kappa shape index (κ1) is 19.1. The van der Waals surface area contributed by atoms with Gasteiger partial charge in [0, 0.05) is 24.9 Å². The molecule has 0 aromatic heterocycles. The van der Waals surface area contributed by atoms with Crippen LogP contribution in [-0.4, -0.2) is 34.7 Å². The summed E-state index contributed by atoms with van der Waals surface area (Å²) >= 11 is 0. The highest BCUT2D eigenvalue weighted by Gasteiger charge is 2.34. The van der Waals surface area contributed by atoms with Gasteiger partial charge in [0.15, 0.2) is 0 Å². The van der Waals surface area contributed by atoms with Crippen LogP contribution < -0.4 is 10.1 Å². The molecule has 1 heterocycles. The van der Waals surface area contributed by atoms with Crippen LogP contribution in [0, 0.1) is 10.1 Å². The average molecular weight is 384 g/mol. The molecule has 0 radical (unpaired) electrons. The summed E-state index contributed by atoms with van der Waals surface area (Å²) in [6.07, 6.45) is 0.266. The Balaban J connectivity index is 1.99. The maximum absolute atomic E-state index is 12.9. The number of ketones is 1. The molecule has 3 rings (SSSR count). The molecular formula is C19H16N2O7. The van der Waals surface area contributed by atoms with Crippen LogP contribution in [0.15, 0.2) is 54.2 Å². The van der Waals surface area contributed by atoms with Gasteiger partial charge in [-0.25, -0.2) is 4.79 Å². The van der Waals surface area contributed by atoms with Crippen molar-refractivity contribution in [3.8, 4) is 5.75 Å². The van der Waals surface area contributed by atoms with Gasteiger partial charge in [-0.05, 0) is 25.1 Å². The monoisotopic (exact) mass is 384 g/mol. The number of rotatable bonds is 6. The molecular weight excluding hydrogens is 368 g/mol. The van der Waals surface area contributed by atoms with Crippen molar-refractivity contribution in [2.45, 2.75) is 13.2 Å². The van der Waals surface area contributed by atoms with E-state index in [0.29, 0.717) is 0 Å². The Morgan fingerprint density at radius 1 is 1.36 bits per heavy atom. The molecule has 1 aliphatic heterocycles. The fourth-order valence-electron chi connectivity index (χ4n) is 2.71. The largest absolute Gasteiger partial charge is 0.478 e. The van der Waals surface area contributed by atoms with Gasteiger partial charge in [0.1, 0.15) is 5.75 Å². The molecule has 1 aliphatic rings. The van der Waals surface area contributed by atoms with Gasteiger partial charge in [0.25, 0.3) is 5.69 Å². The van der Waals surface area contributed by atoms with Crippen LogP contribution in [0.3, 0.4) is 0 Å². The molecule has 144 valence electrons. The van der Waals surface area contributed by atoms with Crippen LogP contribution in [0.5, 0.6) is 5.75 Å². The number of Topliss-reactive ketones (excluding diaryl/α,β-unsaturated/α-hetero) is 1. The van der Waals surface area contributed by atoms with E-state index in [4.69, 9.17) is 9.47 Å². The quantitative estimate of drug-likeness (QED) is 0.441. The minimum atomic E-state index is -1.13. The summed E-state index contributed by atoms with van der Waals surface area (Å²) in [5, 5.41) is 23.1. The average Bonchev–Trinajstić information content (AvgIpc) is 2.67. The summed E-state index contributed by atoms with van der Waals surface area (Å²) in [5.74, 6) is -1.46. The number of carboxylic acid groups (broad SMARTS) is 1. The lowest BCUT2D eigenvalue weighted by Crippen LogP contribution is -2.33. The topological polar surface area (TPSA) is 128 Å². The number of hydrogen-bond acceptors (Lipinski definition) is 7. The minimum Gasteiger partial charge on any atom is -0.478 e. The predicted molar refractivity (Wildman–Crippen MR) is 98.6 cm³/mol. The summed E-state index contributed by atoms with van der Waals surface area (Å²) < 4.78 is 11.1. The summed E-state index contributed by atoms with van der Waals surface area (Å²) in [5.41, 5.74) is 0.150. The van der Waals surface area contributed by atoms with Gasteiger partial charge in [0.05, 0.1) is 27.3 Å². The third-order valence-corrected chi connectivity index (χ3v) is 4.03. The molecule has 0 bridgehead atoms. The number of benzene rings is 2. The molecule has 1 atom stereocenters. The Morgan fingerprint density at radius 2 is 2.11 bits per heavy atom. The van der Waals surface area contributed by atoms with Gasteiger partial charge >= 0.3 is 5.97 Å². The molecule has 28 heavy (non-hydrogen) atoms. The standard InChI is InChI=1S/C19H16N2O7/c1-2-27-19-14(10-20-15-6-4-3-5-12(15)18(23)24)17(22)13-9-11(21(25)26)7-8-16(13)28-19/h3-10,19-20H,2H2,1H3,(H,23,24)/b14-10-. The maximum Gasteiger partial charge on any atom is 0.337 e. The molecule has 0 amide bonds. The van der Waals surface area contributed by atoms with E-state index in [1.54, 1.807) is 25.1 Å². The lowest BCUT2D eigenvalue weighted by atomic mass is 9.99. The van der Waals surface area contributed by atoms with Crippen molar-refractivity contribution in [3.05, 3.63) is 75.5 Å². The van der Waals surface area contributed by atoms with Crippen molar-refractivity contribution in [3.63, 3.8) is 0 Å². The molecule has 2 aromatic rings. The molecule has 9 heteroatoms. The van der Waals surface area contributed by atoms with Crippen molar-refractivity contribution in [2.24, 2.45) is 0 Å². The van der Waals surface area contributed by atoms with Gasteiger partial charge in [-0.3, -0.25) is 14.9 Å². The third kappa shape index (κ3) is 3.69. The number of nitro groups is 1. The molecule has 0 fully saturated rings. The molecule has 0 saturated heterocycles. The number of carbonyl (C=O) groups is 2. The zero-order valence-electron chi connectivity index (χ0n) is 14.7. The van der Waals surface area contributed by atoms with Crippen LogP contribution >= 0.6 is 0 Å². The smallest absolute Gasteiger partial charge is 0.337 e. The third-order valence-electron chi connectivity index (χ3n) is 4.03. The molecule has 0 saturated carbocycles. The Bertz CT molecular complexity index is 984. The van der Waals surface area contributed by atoms with E-state index in [2.05, 4.69) is 5.32 Å². The molecule has 9 nitrogen and oxygen atoms in total. The molecule has 2 N–H and O–H groups in total. The van der Waals surface area contributed by atoms with Gasteiger partial charge in [-0.2, -0.15) is 0 Å². The first-order chi connectivity index (χ1) is 13.4. The van der Waals surface area contributed by atoms with Crippen LogP contribution in [0.1, 0.15) is 27.6 Å². The van der Waals surface area contributed by atoms with Crippen LogP contribution in [-0.2, 0) is 4.74 Å². The number of hydrogen-bond donors (Lipinski definition) is 2. The second kappa shape index (κ2) is 7.89. The summed E-state index contributed by atoms with van der Waals surface area (Å²) in [4.78, 5) is 34.6. The van der Waals surface area contributed by atoms with Gasteiger partial charge in [-0.1, -0.05) is 12.1 Å². The van der Waals surface area contributed by atoms with Crippen LogP contribution in [0.4, 0.5) is 11.4 Å². The van der Waals surface area contributed by atoms with Gasteiger partial charge < -0.3 is 19.9 Å². The predicted octanol–water partition coefficient (Wildman–Crippen LogP) is 3.23. The number of carbonyl (C=O) groups excluding carboxylic acids is 1. The number of para-hydroxylation sites is 1. The second-order valence-electron chi connectivity index (χ2n) is 5.77. The summed E-state index contributed by atoms with van der Waals surface area (Å²) in [6, 6.07) is 9.91. The normalized spacial score (nSPS) is 17.0. The number of carboxylic acids is 1. The number of ether oxygens (including phenoxy) is 2. The zero-order valence-corrected chi connectivity index (χ0v) is 14.7. The van der Waals surface area contributed by atoms with Gasteiger partial charge in [-0.15, -0.1) is 0 Å². The van der Waals surface area contributed by atoms with Crippen LogP contribution in [0.2, 0.25) is 0 Å². The Morgan fingerprint density at radius 3 is 2.79 bits per heavy atom. The van der Waals surface area contributed by atoms with Crippen molar-refractivity contribution in [1.82, 2.24) is 0 Å². The highest BCUT2D eigenvalue weighted by Crippen LogP contribution is 2.34. The van der Waals surface area contributed by atoms with Crippen molar-refractivity contribution in [2.75, 3.05) is 11.9 Å². The van der Waals surface area contributed by atoms with Crippen molar-refractivity contribution in [1.29, 1.82) is 0 Å². The van der Waals surface area contributed by atoms with E-state index in [1.165, 1.54) is 24.4 Å². The number of aromatic carboxylic acids is 1. The number of fused-ring (bicyclic) bond motifs is 1. The molecule has 0 spiro atoms. The summed E-state index contributed by atoms with van der Waals surface area (Å²) in [6.45, 7) is 1.98.